The average molecular weight is 763 g/mol. The lowest BCUT2D eigenvalue weighted by molar-refractivity contribution is -0.295. The first-order chi connectivity index (χ1) is 25.4. The third-order valence-electron chi connectivity index (χ3n) is 7.65. The van der Waals surface area contributed by atoms with Gasteiger partial charge in [0.25, 0.3) is 11.8 Å². The van der Waals surface area contributed by atoms with Crippen molar-refractivity contribution in [1.82, 2.24) is 15.2 Å². The molecule has 0 saturated heterocycles. The molecule has 3 atom stereocenters. The Hall–Kier alpha value is -5.22. The van der Waals surface area contributed by atoms with E-state index in [1.165, 1.54) is 33.8 Å². The number of hydrogen-bond acceptors (Lipinski definition) is 9. The first-order valence-electron chi connectivity index (χ1n) is 16.6. The van der Waals surface area contributed by atoms with Crippen LogP contribution in [-0.2, 0) is 39.2 Å². The predicted octanol–water partition coefficient (Wildman–Crippen LogP) is 9.98. The number of halogens is 6. The highest BCUT2D eigenvalue weighted by molar-refractivity contribution is 5.89. The fourth-order valence-corrected chi connectivity index (χ4v) is 5.04. The summed E-state index contributed by atoms with van der Waals surface area (Å²) in [6, 6.07) is 17.5. The zero-order valence-electron chi connectivity index (χ0n) is 30.0. The van der Waals surface area contributed by atoms with Crippen LogP contribution in [-0.4, -0.2) is 45.3 Å². The number of nitrogens with zero attached hydrogens (tertiary/aromatic N) is 3. The number of ether oxygens (including phenoxy) is 4. The third-order valence-corrected chi connectivity index (χ3v) is 7.65. The number of amides is 1. The van der Waals surface area contributed by atoms with Gasteiger partial charge in [-0.1, -0.05) is 72.8 Å². The van der Waals surface area contributed by atoms with Crippen molar-refractivity contribution in [2.24, 2.45) is 0 Å². The minimum Gasteiger partial charge on any atom is -0.471 e. The van der Waals surface area contributed by atoms with Crippen molar-refractivity contribution in [3.63, 3.8) is 0 Å². The molecule has 0 aliphatic carbocycles. The van der Waals surface area contributed by atoms with E-state index >= 15 is 0 Å². The first-order valence-corrected chi connectivity index (χ1v) is 16.6. The number of anilines is 1. The number of alkyl halides is 6. The highest BCUT2D eigenvalue weighted by Crippen LogP contribution is 2.47. The van der Waals surface area contributed by atoms with Crippen LogP contribution in [0.1, 0.15) is 63.1 Å². The van der Waals surface area contributed by atoms with E-state index in [-0.39, 0.29) is 13.0 Å². The van der Waals surface area contributed by atoms with Gasteiger partial charge in [-0.05, 0) is 51.3 Å². The van der Waals surface area contributed by atoms with E-state index in [0.29, 0.717) is 11.6 Å². The van der Waals surface area contributed by atoms with Gasteiger partial charge >= 0.3 is 18.4 Å². The van der Waals surface area contributed by atoms with Gasteiger partial charge < -0.3 is 23.4 Å². The van der Waals surface area contributed by atoms with Crippen LogP contribution in [0.25, 0.3) is 11.6 Å². The quantitative estimate of drug-likeness (QED) is 0.0879. The van der Waals surface area contributed by atoms with Gasteiger partial charge in [0.2, 0.25) is 11.5 Å². The van der Waals surface area contributed by atoms with Crippen molar-refractivity contribution in [3.8, 4) is 17.5 Å². The van der Waals surface area contributed by atoms with E-state index in [0.717, 1.165) is 11.6 Å². The summed E-state index contributed by atoms with van der Waals surface area (Å²) in [5.41, 5.74) is -5.91. The number of nitrogens with one attached hydrogen (secondary N) is 1. The Bertz CT molecular complexity index is 1860. The second kappa shape index (κ2) is 17.3. The minimum atomic E-state index is -5.16. The van der Waals surface area contributed by atoms with Crippen molar-refractivity contribution >= 4 is 11.8 Å². The Morgan fingerprint density at radius 2 is 1.52 bits per heavy atom. The third kappa shape index (κ3) is 10.7. The topological polar surface area (TPSA) is 118 Å². The molecule has 0 bridgehead atoms. The molecule has 0 spiro atoms. The summed E-state index contributed by atoms with van der Waals surface area (Å²) in [6.07, 6.45) is -11.6. The predicted molar refractivity (Wildman–Crippen MR) is 186 cm³/mol. The van der Waals surface area contributed by atoms with Crippen LogP contribution in [0.3, 0.4) is 0 Å². The van der Waals surface area contributed by atoms with Crippen LogP contribution < -0.4 is 10.1 Å². The fraction of sp³-hybridized carbons (Fsp3) is 0.368. The van der Waals surface area contributed by atoms with Crippen LogP contribution in [0.15, 0.2) is 96.5 Å². The van der Waals surface area contributed by atoms with Crippen molar-refractivity contribution in [2.45, 2.75) is 89.5 Å². The van der Waals surface area contributed by atoms with Crippen LogP contribution in [0, 0.1) is 0 Å². The largest absolute Gasteiger partial charge is 0.471 e. The second-order valence-corrected chi connectivity index (χ2v) is 13.0. The summed E-state index contributed by atoms with van der Waals surface area (Å²) in [4.78, 5) is 16.9. The molecular formula is C38H40F6N4O6. The highest BCUT2D eigenvalue weighted by atomic mass is 19.4. The molecule has 290 valence electrons. The molecule has 16 heteroatoms. The molecule has 0 radical (unpaired) electrons. The van der Waals surface area contributed by atoms with Gasteiger partial charge in [-0.2, -0.15) is 26.3 Å². The Morgan fingerprint density at radius 1 is 0.907 bits per heavy atom. The smallest absolute Gasteiger partial charge is 0.426 e. The zero-order valence-corrected chi connectivity index (χ0v) is 30.0. The number of benzene rings is 2. The van der Waals surface area contributed by atoms with Crippen LogP contribution in [0.2, 0.25) is 0 Å². The van der Waals surface area contributed by atoms with E-state index in [2.05, 4.69) is 33.7 Å². The molecular weight excluding hydrogens is 722 g/mol. The maximum absolute atomic E-state index is 14.9. The fourth-order valence-electron chi connectivity index (χ4n) is 5.04. The number of carbonyl (C=O) groups is 1. The number of hydrogen-bond donors (Lipinski definition) is 1. The first kappa shape index (κ1) is 41.5. The van der Waals surface area contributed by atoms with Crippen molar-refractivity contribution in [1.29, 1.82) is 0 Å². The van der Waals surface area contributed by atoms with Gasteiger partial charge in [0.1, 0.15) is 17.3 Å². The molecule has 2 aromatic heterocycles. The standard InChI is InChI=1S/C38H40F6N4O6/c1-7-15-29(50-22-25-16-11-9-12-17-25)24(3)52-31-27(37(39,40)41)21-28(45-34(49)54-35(4,5)6)30(46-31)32-47-48-33(53-32)36(20-8-2,38(42,43)44)51-23-26-18-13-10-14-19-26/h7-14,16-19,21,24,29H,1-2,15,20,22-23H2,3-6H3,(H,45,49)/t24-,29?,36?/m1/s1. The SMILES string of the molecule is C=CCC(OCc1ccccc1)[C@@H](C)Oc1nc(-c2nnc(C(CC=C)(OCc3ccccc3)C(F)(F)F)o2)c(NC(=O)OC(C)(C)C)cc1C(F)(F)F. The molecule has 54 heavy (non-hydrogen) atoms. The van der Waals surface area contributed by atoms with Gasteiger partial charge in [0, 0.05) is 6.42 Å². The molecule has 0 aliphatic rings. The van der Waals surface area contributed by atoms with E-state index in [9.17, 15) is 31.1 Å². The molecule has 2 aromatic carbocycles. The van der Waals surface area contributed by atoms with Gasteiger partial charge in [-0.3, -0.25) is 5.32 Å². The van der Waals surface area contributed by atoms with Crippen LogP contribution in [0.5, 0.6) is 5.88 Å². The summed E-state index contributed by atoms with van der Waals surface area (Å²) in [7, 11) is 0. The molecule has 4 rings (SSSR count). The molecule has 0 saturated carbocycles. The number of carbonyl (C=O) groups excluding carboxylic acids is 1. The molecule has 1 N–H and O–H groups in total. The number of rotatable bonds is 16. The van der Waals surface area contributed by atoms with Gasteiger partial charge in [0.15, 0.2) is 5.69 Å². The Balaban J connectivity index is 1.83. The second-order valence-electron chi connectivity index (χ2n) is 13.0. The van der Waals surface area contributed by atoms with E-state index in [4.69, 9.17) is 23.4 Å². The van der Waals surface area contributed by atoms with E-state index < -0.39 is 89.5 Å². The number of aromatic nitrogens is 3. The van der Waals surface area contributed by atoms with E-state index in [1.807, 2.05) is 6.07 Å². The van der Waals surface area contributed by atoms with Crippen molar-refractivity contribution in [3.05, 3.63) is 115 Å². The molecule has 2 unspecified atom stereocenters. The molecule has 10 nitrogen and oxygen atoms in total. The lowest BCUT2D eigenvalue weighted by Gasteiger charge is -2.31. The highest BCUT2D eigenvalue weighted by Gasteiger charge is 2.61. The maximum atomic E-state index is 14.9. The zero-order chi connectivity index (χ0) is 39.7. The summed E-state index contributed by atoms with van der Waals surface area (Å²) in [5.74, 6) is -2.90. The molecule has 1 amide bonds. The lowest BCUT2D eigenvalue weighted by atomic mass is 9.98. The van der Waals surface area contributed by atoms with Crippen molar-refractivity contribution in [2.75, 3.05) is 5.32 Å². The Labute approximate surface area is 308 Å². The van der Waals surface area contributed by atoms with Crippen LogP contribution in [0.4, 0.5) is 36.8 Å². The summed E-state index contributed by atoms with van der Waals surface area (Å²) in [6.45, 7) is 12.7. The number of pyridine rings is 1. The normalized spacial score (nSPS) is 14.4. The van der Waals surface area contributed by atoms with Crippen LogP contribution >= 0.6 is 0 Å². The van der Waals surface area contributed by atoms with Gasteiger partial charge in [-0.25, -0.2) is 9.78 Å². The molecule has 2 heterocycles. The molecule has 0 fully saturated rings. The van der Waals surface area contributed by atoms with Gasteiger partial charge in [-0.15, -0.1) is 23.4 Å². The average Bonchev–Trinajstić information content (AvgIpc) is 3.58. The summed E-state index contributed by atoms with van der Waals surface area (Å²) in [5, 5.41) is 9.52. The Morgan fingerprint density at radius 3 is 2.06 bits per heavy atom. The summed E-state index contributed by atoms with van der Waals surface area (Å²) < 4.78 is 117. The lowest BCUT2D eigenvalue weighted by Crippen LogP contribution is -2.45. The monoisotopic (exact) mass is 762 g/mol. The minimum absolute atomic E-state index is 0.0966. The molecule has 4 aromatic rings. The maximum Gasteiger partial charge on any atom is 0.426 e. The van der Waals surface area contributed by atoms with E-state index in [1.54, 1.807) is 54.6 Å². The Kier molecular flexibility index (Phi) is 13.3. The van der Waals surface area contributed by atoms with Crippen molar-refractivity contribution < 1.29 is 54.5 Å². The van der Waals surface area contributed by atoms with Gasteiger partial charge in [0.05, 0.1) is 25.0 Å². The molecule has 0 aliphatic heterocycles. The summed E-state index contributed by atoms with van der Waals surface area (Å²) >= 11 is 0.